The van der Waals surface area contributed by atoms with Crippen LogP contribution in [0.25, 0.3) is 10.2 Å². The van der Waals surface area contributed by atoms with Crippen molar-refractivity contribution in [1.29, 1.82) is 0 Å². The maximum Gasteiger partial charge on any atom is 0.332 e. The summed E-state index contributed by atoms with van der Waals surface area (Å²) in [4.78, 5) is 39.7. The molecule has 1 aliphatic rings. The third-order valence-electron chi connectivity index (χ3n) is 4.96. The van der Waals surface area contributed by atoms with E-state index in [0.717, 1.165) is 41.0 Å². The van der Waals surface area contributed by atoms with Gasteiger partial charge in [0.05, 0.1) is 11.9 Å². The van der Waals surface area contributed by atoms with Gasteiger partial charge in [-0.1, -0.05) is 13.3 Å². The van der Waals surface area contributed by atoms with Crippen LogP contribution >= 0.6 is 11.3 Å². The number of rotatable bonds is 8. The van der Waals surface area contributed by atoms with Crippen LogP contribution in [0.4, 0.5) is 0 Å². The van der Waals surface area contributed by atoms with Gasteiger partial charge in [-0.15, -0.1) is 11.3 Å². The average molecular weight is 422 g/mol. The second kappa shape index (κ2) is 8.44. The molecular weight excluding hydrogens is 390 g/mol. The molecule has 1 saturated carbocycles. The van der Waals surface area contributed by atoms with Crippen molar-refractivity contribution in [1.82, 2.24) is 14.5 Å². The Morgan fingerprint density at radius 2 is 1.97 bits per heavy atom. The van der Waals surface area contributed by atoms with Crippen LogP contribution < -0.4 is 16.6 Å². The summed E-state index contributed by atoms with van der Waals surface area (Å²) in [6.07, 6.45) is 3.65. The van der Waals surface area contributed by atoms with Crippen molar-refractivity contribution in [3.05, 3.63) is 31.3 Å². The standard InChI is InChI=1S/C21H31N3O4S/c1-6-7-10-23-19-17(18(26)24(20(23)27)14-8-9-14)13(2)15(29-19)11-22-12-16(25)28-21(3,4)5/h14,22H,6-12H2,1-5H3. The lowest BCUT2D eigenvalue weighted by molar-refractivity contribution is -0.153. The number of carbonyl (C=O) groups excluding carboxylic acids is 1. The van der Waals surface area contributed by atoms with Crippen molar-refractivity contribution in [2.75, 3.05) is 6.54 Å². The summed E-state index contributed by atoms with van der Waals surface area (Å²) in [5, 5.41) is 3.76. The van der Waals surface area contributed by atoms with Gasteiger partial charge in [0.25, 0.3) is 5.56 Å². The van der Waals surface area contributed by atoms with E-state index in [9.17, 15) is 14.4 Å². The van der Waals surface area contributed by atoms with E-state index in [4.69, 9.17) is 4.74 Å². The molecule has 0 radical (unpaired) electrons. The van der Waals surface area contributed by atoms with Gasteiger partial charge in [0.1, 0.15) is 10.4 Å². The number of hydrogen-bond donors (Lipinski definition) is 1. The lowest BCUT2D eigenvalue weighted by Gasteiger charge is -2.19. The fraction of sp³-hybridized carbons (Fsp3) is 0.667. The average Bonchev–Trinajstić information content (AvgIpc) is 3.38. The van der Waals surface area contributed by atoms with E-state index in [1.807, 2.05) is 27.7 Å². The Morgan fingerprint density at radius 3 is 2.55 bits per heavy atom. The summed E-state index contributed by atoms with van der Waals surface area (Å²) >= 11 is 1.47. The van der Waals surface area contributed by atoms with Crippen molar-refractivity contribution in [3.8, 4) is 0 Å². The monoisotopic (exact) mass is 421 g/mol. The molecule has 1 aliphatic carbocycles. The summed E-state index contributed by atoms with van der Waals surface area (Å²) in [5.74, 6) is -0.313. The largest absolute Gasteiger partial charge is 0.459 e. The molecule has 2 aromatic rings. The quantitative estimate of drug-likeness (QED) is 0.663. The van der Waals surface area contributed by atoms with E-state index in [2.05, 4.69) is 12.2 Å². The normalized spacial score (nSPS) is 14.5. The van der Waals surface area contributed by atoms with Crippen LogP contribution in [0.2, 0.25) is 0 Å². The minimum atomic E-state index is -0.518. The number of ether oxygens (including phenoxy) is 1. The van der Waals surface area contributed by atoms with Crippen LogP contribution in [0.3, 0.4) is 0 Å². The lowest BCUT2D eigenvalue weighted by Crippen LogP contribution is -2.39. The number of esters is 1. The summed E-state index contributed by atoms with van der Waals surface area (Å²) in [6.45, 7) is 10.7. The second-order valence-electron chi connectivity index (χ2n) is 8.71. The highest BCUT2D eigenvalue weighted by molar-refractivity contribution is 7.18. The number of unbranched alkanes of at least 4 members (excludes halogenated alkanes) is 1. The molecule has 0 amide bonds. The molecule has 3 rings (SSSR count). The molecular formula is C21H31N3O4S. The minimum absolute atomic E-state index is 0.0420. The van der Waals surface area contributed by atoms with Crippen LogP contribution in [0.1, 0.15) is 69.9 Å². The maximum absolute atomic E-state index is 13.1. The molecule has 2 heterocycles. The van der Waals surface area contributed by atoms with E-state index in [1.54, 1.807) is 4.57 Å². The van der Waals surface area contributed by atoms with Gasteiger partial charge in [-0.25, -0.2) is 4.79 Å². The molecule has 29 heavy (non-hydrogen) atoms. The molecule has 2 aromatic heterocycles. The van der Waals surface area contributed by atoms with Crippen LogP contribution in [0.5, 0.6) is 0 Å². The van der Waals surface area contributed by atoms with Crippen molar-refractivity contribution in [2.24, 2.45) is 0 Å². The first kappa shape index (κ1) is 21.8. The van der Waals surface area contributed by atoms with Crippen LogP contribution in [-0.4, -0.2) is 27.2 Å². The summed E-state index contributed by atoms with van der Waals surface area (Å²) in [7, 11) is 0. The van der Waals surface area contributed by atoms with Gasteiger partial charge in [0.2, 0.25) is 0 Å². The number of aromatic nitrogens is 2. The zero-order chi connectivity index (χ0) is 21.3. The Hall–Kier alpha value is -1.93. The first-order valence-electron chi connectivity index (χ1n) is 10.3. The van der Waals surface area contributed by atoms with Gasteiger partial charge in [0, 0.05) is 24.0 Å². The third-order valence-corrected chi connectivity index (χ3v) is 6.28. The van der Waals surface area contributed by atoms with Crippen molar-refractivity contribution in [3.63, 3.8) is 0 Å². The molecule has 0 bridgehead atoms. The van der Waals surface area contributed by atoms with Gasteiger partial charge in [-0.2, -0.15) is 0 Å². The Kier molecular flexibility index (Phi) is 6.33. The molecule has 0 spiro atoms. The molecule has 8 heteroatoms. The van der Waals surface area contributed by atoms with Gasteiger partial charge >= 0.3 is 11.7 Å². The predicted octanol–water partition coefficient (Wildman–Crippen LogP) is 3.10. The molecule has 0 saturated heterocycles. The van der Waals surface area contributed by atoms with Crippen LogP contribution in [0, 0.1) is 6.92 Å². The molecule has 0 aliphatic heterocycles. The fourth-order valence-electron chi connectivity index (χ4n) is 3.40. The Bertz CT molecular complexity index is 1020. The minimum Gasteiger partial charge on any atom is -0.459 e. The molecule has 7 nitrogen and oxygen atoms in total. The molecule has 0 unspecified atom stereocenters. The second-order valence-corrected chi connectivity index (χ2v) is 9.80. The highest BCUT2D eigenvalue weighted by Crippen LogP contribution is 2.34. The van der Waals surface area contributed by atoms with Gasteiger partial charge in [-0.3, -0.25) is 18.7 Å². The molecule has 0 atom stereocenters. The van der Waals surface area contributed by atoms with Crippen molar-refractivity contribution >= 4 is 27.5 Å². The summed E-state index contributed by atoms with van der Waals surface area (Å²) in [6, 6.07) is 0.0420. The number of carbonyl (C=O) groups is 1. The number of fused-ring (bicyclic) bond motifs is 1. The van der Waals surface area contributed by atoms with E-state index in [-0.39, 0.29) is 29.8 Å². The Morgan fingerprint density at radius 1 is 1.28 bits per heavy atom. The fourth-order valence-corrected chi connectivity index (χ4v) is 4.69. The number of nitrogens with zero attached hydrogens (tertiary/aromatic N) is 2. The zero-order valence-electron chi connectivity index (χ0n) is 18.0. The first-order valence-corrected chi connectivity index (χ1v) is 11.2. The highest BCUT2D eigenvalue weighted by Gasteiger charge is 2.30. The summed E-state index contributed by atoms with van der Waals surface area (Å²) < 4.78 is 8.54. The molecule has 1 N–H and O–H groups in total. The van der Waals surface area contributed by atoms with Gasteiger partial charge < -0.3 is 10.1 Å². The topological polar surface area (TPSA) is 82.3 Å². The number of aryl methyl sites for hydroxylation is 2. The number of hydrogen-bond acceptors (Lipinski definition) is 6. The molecule has 1 fully saturated rings. The first-order chi connectivity index (χ1) is 13.6. The van der Waals surface area contributed by atoms with E-state index >= 15 is 0 Å². The zero-order valence-corrected chi connectivity index (χ0v) is 18.8. The van der Waals surface area contributed by atoms with Gasteiger partial charge in [-0.05, 0) is 52.5 Å². The molecule has 160 valence electrons. The third kappa shape index (κ3) is 4.80. The van der Waals surface area contributed by atoms with Gasteiger partial charge in [0.15, 0.2) is 0 Å². The van der Waals surface area contributed by atoms with E-state index in [0.29, 0.717) is 18.5 Å². The smallest absolute Gasteiger partial charge is 0.332 e. The number of nitrogens with one attached hydrogen (secondary N) is 1. The summed E-state index contributed by atoms with van der Waals surface area (Å²) in [5.41, 5.74) is 0.0157. The Balaban J connectivity index is 1.91. The Labute approximate surface area is 174 Å². The lowest BCUT2D eigenvalue weighted by atomic mass is 10.2. The predicted molar refractivity (Wildman–Crippen MR) is 116 cm³/mol. The SMILES string of the molecule is CCCCn1c(=O)n(C2CC2)c(=O)c2c(C)c(CNCC(=O)OC(C)(C)C)sc21. The van der Waals surface area contributed by atoms with Crippen molar-refractivity contribution in [2.45, 2.75) is 85.0 Å². The van der Waals surface area contributed by atoms with Crippen LogP contribution in [0.15, 0.2) is 9.59 Å². The van der Waals surface area contributed by atoms with E-state index < -0.39 is 5.60 Å². The highest BCUT2D eigenvalue weighted by atomic mass is 32.1. The van der Waals surface area contributed by atoms with E-state index in [1.165, 1.54) is 15.9 Å². The molecule has 0 aromatic carbocycles. The van der Waals surface area contributed by atoms with Crippen molar-refractivity contribution < 1.29 is 9.53 Å². The van der Waals surface area contributed by atoms with Crippen LogP contribution in [-0.2, 0) is 22.6 Å². The maximum atomic E-state index is 13.1. The number of thiophene rings is 1.